The third kappa shape index (κ3) is 4.10. The summed E-state index contributed by atoms with van der Waals surface area (Å²) in [5.41, 5.74) is 4.54. The number of carbonyl (C=O) groups is 1. The summed E-state index contributed by atoms with van der Waals surface area (Å²) in [7, 11) is 1.61. The lowest BCUT2D eigenvalue weighted by Gasteiger charge is -2.18. The number of ether oxygens (including phenoxy) is 2. The second-order valence-electron chi connectivity index (χ2n) is 4.61. The summed E-state index contributed by atoms with van der Waals surface area (Å²) in [5.74, 6) is -0.925. The van der Waals surface area contributed by atoms with E-state index in [-0.39, 0.29) is 6.10 Å². The van der Waals surface area contributed by atoms with Gasteiger partial charge in [-0.05, 0) is 24.1 Å². The number of carboxylic acid groups (broad SMARTS) is 1. The van der Waals surface area contributed by atoms with E-state index in [0.29, 0.717) is 24.3 Å². The summed E-state index contributed by atoms with van der Waals surface area (Å²) in [6.45, 7) is 2.57. The number of rotatable bonds is 7. The van der Waals surface area contributed by atoms with Gasteiger partial charge in [-0.25, -0.2) is 9.78 Å². The van der Waals surface area contributed by atoms with Crippen molar-refractivity contribution in [3.05, 3.63) is 51.5 Å². The van der Waals surface area contributed by atoms with Crippen molar-refractivity contribution in [3.8, 4) is 0 Å². The van der Waals surface area contributed by atoms with Crippen LogP contribution in [0.1, 0.15) is 33.3 Å². The maximum atomic E-state index is 11.0. The van der Waals surface area contributed by atoms with Gasteiger partial charge in [-0.1, -0.05) is 12.1 Å². The number of hydrogen-bond donors (Lipinski definition) is 1. The van der Waals surface area contributed by atoms with E-state index in [2.05, 4.69) is 4.98 Å². The van der Waals surface area contributed by atoms with Crippen LogP contribution < -0.4 is 0 Å². The van der Waals surface area contributed by atoms with Crippen LogP contribution in [-0.4, -0.2) is 29.8 Å². The van der Waals surface area contributed by atoms with Crippen LogP contribution in [0.3, 0.4) is 0 Å². The van der Waals surface area contributed by atoms with Crippen LogP contribution in [0.4, 0.5) is 0 Å². The number of thiazole rings is 1. The smallest absolute Gasteiger partial charge is 0.335 e. The number of hydrogen-bond acceptors (Lipinski definition) is 5. The minimum absolute atomic E-state index is 0.252. The third-order valence-corrected chi connectivity index (χ3v) is 3.72. The monoisotopic (exact) mass is 307 g/mol. The molecule has 0 fully saturated rings. The minimum Gasteiger partial charge on any atom is -0.478 e. The summed E-state index contributed by atoms with van der Waals surface area (Å²) in [4.78, 5) is 15.2. The quantitative estimate of drug-likeness (QED) is 0.851. The van der Waals surface area contributed by atoms with Gasteiger partial charge in [0.25, 0.3) is 0 Å². The van der Waals surface area contributed by atoms with Crippen LogP contribution in [0.25, 0.3) is 0 Å². The maximum Gasteiger partial charge on any atom is 0.335 e. The molecule has 0 saturated heterocycles. The number of methoxy groups -OCH3 is 1. The van der Waals surface area contributed by atoms with Crippen molar-refractivity contribution in [2.45, 2.75) is 19.6 Å². The normalized spacial score (nSPS) is 12.3. The number of carboxylic acids is 1. The first-order chi connectivity index (χ1) is 10.1. The summed E-state index contributed by atoms with van der Waals surface area (Å²) < 4.78 is 11.0. The Kier molecular flexibility index (Phi) is 5.44. The molecule has 0 aliphatic carbocycles. The molecule has 112 valence electrons. The third-order valence-electron chi connectivity index (χ3n) is 3.09. The number of aromatic carboxylic acids is 1. The Hall–Kier alpha value is -1.76. The number of benzene rings is 1. The highest BCUT2D eigenvalue weighted by Crippen LogP contribution is 2.22. The molecular weight excluding hydrogens is 290 g/mol. The van der Waals surface area contributed by atoms with E-state index in [1.54, 1.807) is 31.7 Å². The molecule has 1 aromatic carbocycles. The van der Waals surface area contributed by atoms with Gasteiger partial charge in [-0.15, -0.1) is 11.3 Å². The minimum atomic E-state index is -0.925. The predicted octanol–water partition coefficient (Wildman–Crippen LogP) is 3.05. The molecular formula is C15H17NO4S. The maximum absolute atomic E-state index is 11.0. The lowest BCUT2D eigenvalue weighted by molar-refractivity contribution is -0.0139. The Labute approximate surface area is 127 Å². The second-order valence-corrected chi connectivity index (χ2v) is 5.33. The summed E-state index contributed by atoms with van der Waals surface area (Å²) in [6, 6.07) is 5.19. The highest BCUT2D eigenvalue weighted by molar-refractivity contribution is 7.07. The molecule has 0 aliphatic heterocycles. The van der Waals surface area contributed by atoms with Crippen LogP contribution in [-0.2, 0) is 16.1 Å². The van der Waals surface area contributed by atoms with Gasteiger partial charge in [0.1, 0.15) is 6.10 Å². The highest BCUT2D eigenvalue weighted by Gasteiger charge is 2.15. The molecule has 1 N–H and O–H groups in total. The van der Waals surface area contributed by atoms with Gasteiger partial charge in [0.05, 0.1) is 30.0 Å². The van der Waals surface area contributed by atoms with E-state index in [1.165, 1.54) is 11.3 Å². The topological polar surface area (TPSA) is 68.7 Å². The fourth-order valence-electron chi connectivity index (χ4n) is 2.01. The molecule has 5 nitrogen and oxygen atoms in total. The van der Waals surface area contributed by atoms with E-state index >= 15 is 0 Å². The molecule has 0 bridgehead atoms. The SMILES string of the molecule is COCC(OCc1cscn1)c1ccc(C(=O)O)c(C)c1. The van der Waals surface area contributed by atoms with Crippen molar-refractivity contribution >= 4 is 17.3 Å². The van der Waals surface area contributed by atoms with Crippen molar-refractivity contribution < 1.29 is 19.4 Å². The van der Waals surface area contributed by atoms with Crippen LogP contribution in [0.5, 0.6) is 0 Å². The number of aryl methyl sites for hydroxylation is 1. The van der Waals surface area contributed by atoms with Gasteiger partial charge in [0, 0.05) is 12.5 Å². The molecule has 0 aliphatic rings. The van der Waals surface area contributed by atoms with Crippen molar-refractivity contribution in [3.63, 3.8) is 0 Å². The molecule has 1 heterocycles. The Morgan fingerprint density at radius 2 is 2.29 bits per heavy atom. The standard InChI is InChI=1S/C15H17NO4S/c1-10-5-11(3-4-13(10)15(17)18)14(7-19-2)20-6-12-8-21-9-16-12/h3-5,8-9,14H,6-7H2,1-2H3,(H,17,18). The molecule has 1 aromatic heterocycles. The van der Waals surface area contributed by atoms with Gasteiger partial charge < -0.3 is 14.6 Å². The Balaban J connectivity index is 2.13. The molecule has 1 atom stereocenters. The zero-order valence-corrected chi connectivity index (χ0v) is 12.7. The van der Waals surface area contributed by atoms with E-state index in [0.717, 1.165) is 11.3 Å². The molecule has 6 heteroatoms. The van der Waals surface area contributed by atoms with Crippen LogP contribution in [0, 0.1) is 6.92 Å². The van der Waals surface area contributed by atoms with E-state index in [4.69, 9.17) is 14.6 Å². The zero-order chi connectivity index (χ0) is 15.2. The molecule has 0 radical (unpaired) electrons. The van der Waals surface area contributed by atoms with E-state index < -0.39 is 5.97 Å². The number of nitrogens with zero attached hydrogens (tertiary/aromatic N) is 1. The zero-order valence-electron chi connectivity index (χ0n) is 11.9. The van der Waals surface area contributed by atoms with Gasteiger partial charge in [-0.3, -0.25) is 0 Å². The molecule has 0 amide bonds. The fourth-order valence-corrected chi connectivity index (χ4v) is 2.56. The highest BCUT2D eigenvalue weighted by atomic mass is 32.1. The van der Waals surface area contributed by atoms with Crippen molar-refractivity contribution in [1.29, 1.82) is 0 Å². The second kappa shape index (κ2) is 7.31. The molecule has 21 heavy (non-hydrogen) atoms. The Morgan fingerprint density at radius 3 is 2.86 bits per heavy atom. The Bertz CT molecular complexity index is 598. The molecule has 1 unspecified atom stereocenters. The van der Waals surface area contributed by atoms with Gasteiger partial charge >= 0.3 is 5.97 Å². The fraction of sp³-hybridized carbons (Fsp3) is 0.333. The largest absolute Gasteiger partial charge is 0.478 e. The summed E-state index contributed by atoms with van der Waals surface area (Å²) in [5, 5.41) is 11.0. The number of aromatic nitrogens is 1. The average Bonchev–Trinajstić information content (AvgIpc) is 2.96. The van der Waals surface area contributed by atoms with Crippen molar-refractivity contribution in [1.82, 2.24) is 4.98 Å². The first-order valence-corrected chi connectivity index (χ1v) is 7.37. The lowest BCUT2D eigenvalue weighted by atomic mass is 10.0. The predicted molar refractivity (Wildman–Crippen MR) is 79.7 cm³/mol. The van der Waals surface area contributed by atoms with Crippen LogP contribution in [0.15, 0.2) is 29.1 Å². The van der Waals surface area contributed by atoms with E-state index in [9.17, 15) is 4.79 Å². The van der Waals surface area contributed by atoms with Crippen molar-refractivity contribution in [2.24, 2.45) is 0 Å². The molecule has 0 spiro atoms. The Morgan fingerprint density at radius 1 is 1.48 bits per heavy atom. The summed E-state index contributed by atoms with van der Waals surface area (Å²) >= 11 is 1.52. The first kappa shape index (κ1) is 15.6. The van der Waals surface area contributed by atoms with Crippen molar-refractivity contribution in [2.75, 3.05) is 13.7 Å². The first-order valence-electron chi connectivity index (χ1n) is 6.43. The van der Waals surface area contributed by atoms with Gasteiger partial charge in [0.2, 0.25) is 0 Å². The van der Waals surface area contributed by atoms with Crippen LogP contribution in [0.2, 0.25) is 0 Å². The molecule has 0 saturated carbocycles. The molecule has 2 aromatic rings. The van der Waals surface area contributed by atoms with E-state index in [1.807, 2.05) is 11.4 Å². The lowest BCUT2D eigenvalue weighted by Crippen LogP contribution is -2.12. The summed E-state index contributed by atoms with van der Waals surface area (Å²) in [6.07, 6.45) is -0.252. The van der Waals surface area contributed by atoms with Gasteiger partial charge in [0.15, 0.2) is 0 Å². The molecule has 2 rings (SSSR count). The average molecular weight is 307 g/mol. The van der Waals surface area contributed by atoms with Crippen LogP contribution >= 0.6 is 11.3 Å². The van der Waals surface area contributed by atoms with Gasteiger partial charge in [-0.2, -0.15) is 0 Å².